The molecule has 4 N–H and O–H groups in total. The first kappa shape index (κ1) is 40.6. The fraction of sp³-hybridized carbons (Fsp3) is 0.850. The summed E-state index contributed by atoms with van der Waals surface area (Å²) >= 11 is 0. The highest BCUT2D eigenvalue weighted by atomic mass is 16.6. The molecule has 12 atom stereocenters. The molecule has 294 valence electrons. The van der Waals surface area contributed by atoms with Crippen molar-refractivity contribution in [2.45, 2.75) is 175 Å². The molecule has 0 aromatic heterocycles. The minimum atomic E-state index is -1.83. The highest BCUT2D eigenvalue weighted by Gasteiger charge is 2.69. The van der Waals surface area contributed by atoms with E-state index < -0.39 is 94.3 Å². The molecule has 5 aliphatic rings. The van der Waals surface area contributed by atoms with Crippen LogP contribution in [0.2, 0.25) is 0 Å². The lowest BCUT2D eigenvalue weighted by atomic mass is 9.42. The Morgan fingerprint density at radius 2 is 1.50 bits per heavy atom. The topological polar surface area (TPSA) is 186 Å². The number of esters is 3. The summed E-state index contributed by atoms with van der Waals surface area (Å²) in [6.07, 6.45) is 0.335. The van der Waals surface area contributed by atoms with Crippen LogP contribution in [0.1, 0.15) is 133 Å². The minimum absolute atomic E-state index is 0.00337. The second-order valence-corrected chi connectivity index (χ2v) is 18.8. The van der Waals surface area contributed by atoms with Crippen LogP contribution in [0.5, 0.6) is 0 Å². The summed E-state index contributed by atoms with van der Waals surface area (Å²) < 4.78 is 24.4. The average molecular weight is 735 g/mol. The summed E-state index contributed by atoms with van der Waals surface area (Å²) in [7, 11) is 0. The average Bonchev–Trinajstić information content (AvgIpc) is 3.25. The van der Waals surface area contributed by atoms with Gasteiger partial charge in [-0.25, -0.2) is 0 Å². The van der Waals surface area contributed by atoms with Crippen molar-refractivity contribution in [3.63, 3.8) is 0 Å². The maximum absolute atomic E-state index is 13.4. The first-order chi connectivity index (χ1) is 23.8. The van der Waals surface area contributed by atoms with Gasteiger partial charge in [0.25, 0.3) is 0 Å². The minimum Gasteiger partial charge on any atom is -0.481 e. The van der Waals surface area contributed by atoms with Crippen LogP contribution in [0, 0.1) is 39.4 Å². The van der Waals surface area contributed by atoms with Gasteiger partial charge >= 0.3 is 23.9 Å². The third kappa shape index (κ3) is 6.94. The number of aliphatic carboxylic acids is 1. The number of carboxylic acids is 1. The Morgan fingerprint density at radius 3 is 2.06 bits per heavy atom. The Bertz CT molecular complexity index is 1470. The first-order valence-corrected chi connectivity index (χ1v) is 19.0. The van der Waals surface area contributed by atoms with E-state index >= 15 is 0 Å². The molecule has 1 saturated heterocycles. The first-order valence-electron chi connectivity index (χ1n) is 19.0. The fourth-order valence-corrected chi connectivity index (χ4v) is 12.0. The number of carbonyl (C=O) groups excluding carboxylic acids is 3. The molecule has 12 heteroatoms. The molecule has 1 unspecified atom stereocenters. The van der Waals surface area contributed by atoms with Crippen LogP contribution in [0.3, 0.4) is 0 Å². The number of hydrogen-bond acceptors (Lipinski definition) is 11. The summed E-state index contributed by atoms with van der Waals surface area (Å²) in [6, 6.07) is 0. The molecule has 3 fully saturated rings. The van der Waals surface area contributed by atoms with Gasteiger partial charge in [-0.3, -0.25) is 19.2 Å². The molecule has 4 aliphatic carbocycles. The lowest BCUT2D eigenvalue weighted by molar-refractivity contribution is -0.252. The molecule has 5 rings (SSSR count). The summed E-state index contributed by atoms with van der Waals surface area (Å²) in [5.74, 6) is -3.15. The molecular weight excluding hydrogens is 672 g/mol. The van der Waals surface area contributed by atoms with Gasteiger partial charge in [-0.2, -0.15) is 0 Å². The van der Waals surface area contributed by atoms with Gasteiger partial charge < -0.3 is 39.4 Å². The highest BCUT2D eigenvalue weighted by Crippen LogP contribution is 2.73. The van der Waals surface area contributed by atoms with Gasteiger partial charge in [-0.15, -0.1) is 0 Å². The number of hydrogen-bond donors (Lipinski definition) is 4. The van der Waals surface area contributed by atoms with E-state index in [0.717, 1.165) is 25.7 Å². The largest absolute Gasteiger partial charge is 0.481 e. The maximum atomic E-state index is 13.4. The number of aliphatic hydroxyl groups is 3. The number of allylic oxidation sites excluding steroid dienone is 1. The van der Waals surface area contributed by atoms with Gasteiger partial charge in [0, 0.05) is 37.0 Å². The molecule has 52 heavy (non-hydrogen) atoms. The van der Waals surface area contributed by atoms with E-state index in [9.17, 15) is 39.6 Å². The lowest BCUT2D eigenvalue weighted by Crippen LogP contribution is -2.63. The molecule has 2 saturated carbocycles. The van der Waals surface area contributed by atoms with Gasteiger partial charge in [0.15, 0.2) is 6.29 Å². The molecular formula is C40H62O12. The van der Waals surface area contributed by atoms with Crippen molar-refractivity contribution in [1.82, 2.24) is 0 Å². The van der Waals surface area contributed by atoms with Gasteiger partial charge in [-0.05, 0) is 88.4 Å². The fourth-order valence-electron chi connectivity index (χ4n) is 12.0. The Morgan fingerprint density at radius 1 is 0.865 bits per heavy atom. The molecule has 0 radical (unpaired) electrons. The van der Waals surface area contributed by atoms with Crippen molar-refractivity contribution in [3.05, 3.63) is 11.1 Å². The SMILES string of the molecule is CC(=O)O[C@H]1CC2=C(CC[C@H]3C(C)(C)[C@@H](OC(C)=O)[C@H](OC(=O)C[C@@](C)(O)CC(=O)O)C[C@]23C)[C@]2(C)CC[C@H]([C@H]3CC[C@@H](C(C)(C)O)OC3O)[C@@]12C. The molecule has 0 aromatic carbocycles. The summed E-state index contributed by atoms with van der Waals surface area (Å²) in [6.45, 7) is 18.1. The number of ether oxygens (including phenoxy) is 4. The van der Waals surface area contributed by atoms with Gasteiger partial charge in [0.2, 0.25) is 0 Å². The van der Waals surface area contributed by atoms with Crippen molar-refractivity contribution in [3.8, 4) is 0 Å². The number of rotatable bonds is 9. The predicted octanol–water partition coefficient (Wildman–Crippen LogP) is 5.23. The molecule has 0 amide bonds. The van der Waals surface area contributed by atoms with E-state index in [0.29, 0.717) is 25.7 Å². The van der Waals surface area contributed by atoms with Gasteiger partial charge in [-0.1, -0.05) is 45.8 Å². The number of fused-ring (bicyclic) bond motifs is 4. The smallest absolute Gasteiger partial charge is 0.309 e. The zero-order valence-corrected chi connectivity index (χ0v) is 32.7. The molecule has 0 aromatic rings. The highest BCUT2D eigenvalue weighted by molar-refractivity contribution is 5.74. The normalized spacial score (nSPS) is 41.1. The standard InChI is InChI=1S/C40H62O12/c1-21(41)49-30-17-26-25(39(9)16-15-24(40(30,39)10)23-11-14-29(36(5,6)47)52-34(23)46)12-13-28-35(3,4)33(50-22(2)42)27(18-38(26,28)8)51-32(45)20-37(7,48)19-31(43)44/h23-24,27-30,33-34,46-48H,11-20H2,1-10H3,(H,43,44)/t23-,24-,27-,28+,29+,30+,33+,34?,37+,38-,39+,40+/m1/s1. The Hall–Kier alpha value is -2.54. The Kier molecular flexibility index (Phi) is 10.7. The Labute approximate surface area is 308 Å². The molecule has 12 nitrogen and oxygen atoms in total. The zero-order chi connectivity index (χ0) is 39.0. The van der Waals surface area contributed by atoms with Crippen LogP contribution in [0.15, 0.2) is 11.1 Å². The van der Waals surface area contributed by atoms with Crippen molar-refractivity contribution < 1.29 is 58.6 Å². The summed E-state index contributed by atoms with van der Waals surface area (Å²) in [5, 5.41) is 42.0. The number of carbonyl (C=O) groups is 4. The van der Waals surface area contributed by atoms with Crippen LogP contribution in [-0.2, 0) is 38.1 Å². The second-order valence-electron chi connectivity index (χ2n) is 18.8. The third-order valence-electron chi connectivity index (χ3n) is 14.4. The summed E-state index contributed by atoms with van der Waals surface area (Å²) in [4.78, 5) is 50.1. The van der Waals surface area contributed by atoms with Crippen LogP contribution in [-0.4, -0.2) is 86.2 Å². The van der Waals surface area contributed by atoms with Crippen LogP contribution in [0.25, 0.3) is 0 Å². The zero-order valence-electron chi connectivity index (χ0n) is 32.7. The monoisotopic (exact) mass is 734 g/mol. The van der Waals surface area contributed by atoms with Crippen molar-refractivity contribution in [1.29, 1.82) is 0 Å². The second kappa shape index (κ2) is 13.6. The van der Waals surface area contributed by atoms with Crippen LogP contribution < -0.4 is 0 Å². The van der Waals surface area contributed by atoms with E-state index in [2.05, 4.69) is 20.8 Å². The molecule has 1 aliphatic heterocycles. The van der Waals surface area contributed by atoms with E-state index in [1.54, 1.807) is 13.8 Å². The van der Waals surface area contributed by atoms with Crippen molar-refractivity contribution >= 4 is 23.9 Å². The molecule has 1 heterocycles. The molecule has 0 bridgehead atoms. The van der Waals surface area contributed by atoms with E-state index in [1.807, 2.05) is 13.8 Å². The van der Waals surface area contributed by atoms with Crippen molar-refractivity contribution in [2.75, 3.05) is 0 Å². The Balaban J connectivity index is 1.55. The quantitative estimate of drug-likeness (QED) is 0.138. The van der Waals surface area contributed by atoms with E-state index in [-0.39, 0.29) is 23.7 Å². The number of carboxylic acid groups (broad SMARTS) is 1. The van der Waals surface area contributed by atoms with Gasteiger partial charge in [0.05, 0.1) is 30.1 Å². The lowest BCUT2D eigenvalue weighted by Gasteiger charge is -2.64. The number of aliphatic hydroxyl groups excluding tert-OH is 1. The van der Waals surface area contributed by atoms with E-state index in [1.165, 1.54) is 31.9 Å². The van der Waals surface area contributed by atoms with Crippen LogP contribution in [0.4, 0.5) is 0 Å². The summed E-state index contributed by atoms with van der Waals surface area (Å²) in [5.41, 5.74) is -2.60. The predicted molar refractivity (Wildman–Crippen MR) is 188 cm³/mol. The van der Waals surface area contributed by atoms with E-state index in [4.69, 9.17) is 18.9 Å². The van der Waals surface area contributed by atoms with Crippen molar-refractivity contribution in [2.24, 2.45) is 39.4 Å². The maximum Gasteiger partial charge on any atom is 0.309 e. The van der Waals surface area contributed by atoms with Gasteiger partial charge in [0.1, 0.15) is 18.3 Å². The van der Waals surface area contributed by atoms with Crippen LogP contribution >= 0.6 is 0 Å². The molecule has 0 spiro atoms. The third-order valence-corrected chi connectivity index (χ3v) is 14.4.